The fourth-order valence-corrected chi connectivity index (χ4v) is 5.49. The second kappa shape index (κ2) is 6.47. The number of fused-ring (bicyclic) bond motifs is 2. The van der Waals surface area contributed by atoms with E-state index in [1.807, 2.05) is 29.2 Å². The van der Waals surface area contributed by atoms with Crippen LogP contribution in [0.4, 0.5) is 5.69 Å². The van der Waals surface area contributed by atoms with Crippen molar-refractivity contribution in [3.05, 3.63) is 63.6 Å². The Labute approximate surface area is 180 Å². The van der Waals surface area contributed by atoms with Gasteiger partial charge in [0, 0.05) is 44.0 Å². The minimum atomic E-state index is -0.465. The van der Waals surface area contributed by atoms with E-state index >= 15 is 0 Å². The monoisotopic (exact) mass is 418 g/mol. The zero-order chi connectivity index (χ0) is 21.3. The van der Waals surface area contributed by atoms with E-state index in [1.165, 1.54) is 18.5 Å². The summed E-state index contributed by atoms with van der Waals surface area (Å²) >= 11 is 0. The van der Waals surface area contributed by atoms with Crippen LogP contribution in [0.2, 0.25) is 0 Å². The molecule has 1 saturated heterocycles. The van der Waals surface area contributed by atoms with Crippen LogP contribution in [0, 0.1) is 5.41 Å². The van der Waals surface area contributed by atoms with Crippen molar-refractivity contribution in [2.24, 2.45) is 5.41 Å². The number of benzene rings is 2. The van der Waals surface area contributed by atoms with Crippen LogP contribution in [0.15, 0.2) is 45.6 Å². The van der Waals surface area contributed by atoms with Crippen molar-refractivity contribution in [1.29, 1.82) is 0 Å². The lowest BCUT2D eigenvalue weighted by molar-refractivity contribution is 0.0374. The molecular weight excluding hydrogens is 392 g/mol. The van der Waals surface area contributed by atoms with Gasteiger partial charge in [-0.2, -0.15) is 0 Å². The summed E-state index contributed by atoms with van der Waals surface area (Å²) in [4.78, 5) is 31.5. The normalized spacial score (nSPS) is 21.9. The fraction of sp³-hybridized carbons (Fsp3) is 0.417. The average molecular weight is 418 g/mol. The van der Waals surface area contributed by atoms with Crippen LogP contribution in [0.25, 0.3) is 11.1 Å². The second-order valence-electron chi connectivity index (χ2n) is 9.50. The van der Waals surface area contributed by atoms with Gasteiger partial charge in [0.05, 0.1) is 11.6 Å². The summed E-state index contributed by atoms with van der Waals surface area (Å²) in [6.07, 6.45) is 2.48. The fourth-order valence-electron chi connectivity index (χ4n) is 5.49. The van der Waals surface area contributed by atoms with Crippen LogP contribution in [-0.2, 0) is 6.54 Å². The summed E-state index contributed by atoms with van der Waals surface area (Å²) in [6.45, 7) is 4.86. The number of H-pyrrole nitrogens is 1. The summed E-state index contributed by atoms with van der Waals surface area (Å²) < 4.78 is 5.17. The molecule has 7 heteroatoms. The van der Waals surface area contributed by atoms with Crippen LogP contribution in [0.5, 0.6) is 0 Å². The first kappa shape index (κ1) is 18.7. The Morgan fingerprint density at radius 3 is 2.71 bits per heavy atom. The number of hydrogen-bond donors (Lipinski definition) is 2. The second-order valence-corrected chi connectivity index (χ2v) is 9.50. The maximum atomic E-state index is 13.1. The first-order valence-electron chi connectivity index (χ1n) is 10.9. The number of amides is 1. The highest BCUT2D eigenvalue weighted by Gasteiger charge is 2.49. The number of carbonyl (C=O) groups is 1. The molecule has 3 aromatic rings. The highest BCUT2D eigenvalue weighted by molar-refractivity contribution is 5.99. The number of nitrogens with zero attached hydrogens (tertiary/aromatic N) is 2. The van der Waals surface area contributed by atoms with Crippen LogP contribution in [-0.4, -0.2) is 42.0 Å². The number of anilines is 1. The number of nitrogens with one attached hydrogen (secondary N) is 2. The number of hydrogen-bond acceptors (Lipinski definition) is 5. The number of rotatable bonds is 4. The van der Waals surface area contributed by atoms with Gasteiger partial charge in [0.2, 0.25) is 0 Å². The molecule has 0 bridgehead atoms. The molecule has 2 fully saturated rings. The van der Waals surface area contributed by atoms with Crippen molar-refractivity contribution in [3.63, 3.8) is 0 Å². The summed E-state index contributed by atoms with van der Waals surface area (Å²) in [6, 6.07) is 12.4. The van der Waals surface area contributed by atoms with Crippen molar-refractivity contribution < 1.29 is 9.21 Å². The third kappa shape index (κ3) is 2.83. The molecule has 7 nitrogen and oxygen atoms in total. The van der Waals surface area contributed by atoms with Crippen LogP contribution < -0.4 is 16.0 Å². The van der Waals surface area contributed by atoms with Crippen molar-refractivity contribution >= 4 is 22.7 Å². The molecule has 3 aliphatic rings. The topological polar surface area (TPSA) is 81.6 Å². The van der Waals surface area contributed by atoms with E-state index in [-0.39, 0.29) is 11.9 Å². The molecule has 0 radical (unpaired) electrons. The SMILES string of the molecule is CC1c2cc(N(C)C3CC4(CNC4)C3)ccc2C(=O)N1Cc1ccc2[nH]c(=O)oc2c1. The van der Waals surface area contributed by atoms with Crippen LogP contribution in [0.3, 0.4) is 0 Å². The Bertz CT molecular complexity index is 1250. The van der Waals surface area contributed by atoms with Crippen molar-refractivity contribution in [2.45, 2.75) is 38.4 Å². The molecule has 160 valence electrons. The first-order chi connectivity index (χ1) is 14.9. The molecule has 6 rings (SSSR count). The van der Waals surface area contributed by atoms with Crippen molar-refractivity contribution in [2.75, 3.05) is 25.0 Å². The summed E-state index contributed by atoms with van der Waals surface area (Å²) in [5.74, 6) is -0.414. The molecule has 1 amide bonds. The van der Waals surface area contributed by atoms with Gasteiger partial charge in [-0.1, -0.05) is 6.07 Å². The molecule has 3 heterocycles. The lowest BCUT2D eigenvalue weighted by atomic mass is 9.61. The summed E-state index contributed by atoms with van der Waals surface area (Å²) in [5, 5.41) is 3.40. The predicted octanol–water partition coefficient (Wildman–Crippen LogP) is 3.03. The molecule has 1 saturated carbocycles. The van der Waals surface area contributed by atoms with E-state index < -0.39 is 5.76 Å². The lowest BCUT2D eigenvalue weighted by Gasteiger charge is -2.57. The Morgan fingerprint density at radius 2 is 1.97 bits per heavy atom. The van der Waals surface area contributed by atoms with Gasteiger partial charge >= 0.3 is 5.76 Å². The quantitative estimate of drug-likeness (QED) is 0.681. The van der Waals surface area contributed by atoms with Crippen molar-refractivity contribution in [3.8, 4) is 0 Å². The molecule has 1 unspecified atom stereocenters. The van der Waals surface area contributed by atoms with Crippen LogP contribution in [0.1, 0.15) is 47.3 Å². The summed E-state index contributed by atoms with van der Waals surface area (Å²) in [7, 11) is 2.17. The zero-order valence-corrected chi connectivity index (χ0v) is 17.8. The van der Waals surface area contributed by atoms with E-state index in [9.17, 15) is 9.59 Å². The van der Waals surface area contributed by atoms with E-state index in [0.29, 0.717) is 29.1 Å². The Kier molecular flexibility index (Phi) is 3.90. The van der Waals surface area contributed by atoms with Crippen molar-refractivity contribution in [1.82, 2.24) is 15.2 Å². The maximum Gasteiger partial charge on any atom is 0.417 e. The zero-order valence-electron chi connectivity index (χ0n) is 17.8. The molecule has 2 aromatic carbocycles. The Balaban J connectivity index is 1.22. The van der Waals surface area contributed by atoms with E-state index in [4.69, 9.17) is 4.42 Å². The van der Waals surface area contributed by atoms with E-state index in [0.717, 1.165) is 29.8 Å². The third-order valence-corrected chi connectivity index (χ3v) is 7.57. The molecular formula is C24H26N4O3. The van der Waals surface area contributed by atoms with Crippen LogP contribution >= 0.6 is 0 Å². The number of oxazole rings is 1. The van der Waals surface area contributed by atoms with Gasteiger partial charge in [-0.15, -0.1) is 0 Å². The molecule has 1 atom stereocenters. The number of carbonyl (C=O) groups excluding carboxylic acids is 1. The number of aromatic nitrogens is 1. The highest BCUT2D eigenvalue weighted by atomic mass is 16.4. The van der Waals surface area contributed by atoms with Gasteiger partial charge in [0.25, 0.3) is 5.91 Å². The Morgan fingerprint density at radius 1 is 1.16 bits per heavy atom. The molecule has 2 N–H and O–H groups in total. The molecule has 1 aliphatic carbocycles. The van der Waals surface area contributed by atoms with E-state index in [1.54, 1.807) is 0 Å². The van der Waals surface area contributed by atoms with Gasteiger partial charge in [-0.3, -0.25) is 9.78 Å². The van der Waals surface area contributed by atoms with Gasteiger partial charge in [0.15, 0.2) is 5.58 Å². The number of aromatic amines is 1. The largest absolute Gasteiger partial charge is 0.417 e. The molecule has 2 aliphatic heterocycles. The van der Waals surface area contributed by atoms with Gasteiger partial charge in [-0.05, 0) is 66.6 Å². The third-order valence-electron chi connectivity index (χ3n) is 7.57. The minimum Gasteiger partial charge on any atom is -0.408 e. The highest BCUT2D eigenvalue weighted by Crippen LogP contribution is 2.47. The Hall–Kier alpha value is -3.06. The lowest BCUT2D eigenvalue weighted by Crippen LogP contribution is -2.64. The average Bonchev–Trinajstić information content (AvgIpc) is 3.17. The molecule has 31 heavy (non-hydrogen) atoms. The molecule has 1 aromatic heterocycles. The van der Waals surface area contributed by atoms with E-state index in [2.05, 4.69) is 41.3 Å². The smallest absolute Gasteiger partial charge is 0.408 e. The predicted molar refractivity (Wildman–Crippen MR) is 118 cm³/mol. The minimum absolute atomic E-state index is 0.00616. The first-order valence-corrected chi connectivity index (χ1v) is 10.9. The van der Waals surface area contributed by atoms with Gasteiger partial charge in [-0.25, -0.2) is 4.79 Å². The van der Waals surface area contributed by atoms with Gasteiger partial charge in [0.1, 0.15) is 0 Å². The molecule has 1 spiro atoms. The standard InChI is InChI=1S/C24H26N4O3/c1-14-19-8-16(27(2)17-9-24(10-17)12-25-13-24)4-5-18(19)22(29)28(14)11-15-3-6-20-21(7-15)31-23(30)26-20/h3-8,14,17,25H,9-13H2,1-2H3,(H,26,30). The van der Waals surface area contributed by atoms with Gasteiger partial charge < -0.3 is 19.5 Å². The summed E-state index contributed by atoms with van der Waals surface area (Å²) in [5.41, 5.74) is 5.71. The maximum absolute atomic E-state index is 13.1.